The molecule has 8 nitrogen and oxygen atoms in total. The summed E-state index contributed by atoms with van der Waals surface area (Å²) in [6.45, 7) is 6.32. The summed E-state index contributed by atoms with van der Waals surface area (Å²) in [6.07, 6.45) is 1.57. The Morgan fingerprint density at radius 1 is 1.50 bits per heavy atom. The van der Waals surface area contributed by atoms with Gasteiger partial charge in [-0.3, -0.25) is 9.59 Å². The van der Waals surface area contributed by atoms with Crippen LogP contribution in [0.4, 0.5) is 0 Å². The SMILES string of the molecule is COCCCN(Cc1cccs1)C(=O)c1nnn2c1C(=O)N[C@@H](CC(C)C)C2. The molecule has 0 saturated heterocycles. The fourth-order valence-corrected chi connectivity index (χ4v) is 4.13. The molecule has 0 spiro atoms. The van der Waals surface area contributed by atoms with Crippen LogP contribution in [0.5, 0.6) is 0 Å². The van der Waals surface area contributed by atoms with E-state index in [1.165, 1.54) is 0 Å². The van der Waals surface area contributed by atoms with Gasteiger partial charge in [-0.2, -0.15) is 0 Å². The highest BCUT2D eigenvalue weighted by Gasteiger charge is 2.33. The minimum Gasteiger partial charge on any atom is -0.385 e. The summed E-state index contributed by atoms with van der Waals surface area (Å²) < 4.78 is 6.68. The fraction of sp³-hybridized carbons (Fsp3) is 0.579. The van der Waals surface area contributed by atoms with Crippen molar-refractivity contribution in [1.82, 2.24) is 25.2 Å². The first-order valence-corrected chi connectivity index (χ1v) is 10.4. The predicted octanol–water partition coefficient (Wildman–Crippen LogP) is 2.18. The summed E-state index contributed by atoms with van der Waals surface area (Å²) in [5.74, 6) is -0.0972. The summed E-state index contributed by atoms with van der Waals surface area (Å²) in [5, 5.41) is 13.1. The highest BCUT2D eigenvalue weighted by Crippen LogP contribution is 2.19. The van der Waals surface area contributed by atoms with Crippen LogP contribution >= 0.6 is 11.3 Å². The van der Waals surface area contributed by atoms with Crippen LogP contribution in [-0.4, -0.2) is 58.0 Å². The topological polar surface area (TPSA) is 89.3 Å². The average Bonchev–Trinajstić information content (AvgIpc) is 3.29. The number of carbonyl (C=O) groups excluding carboxylic acids is 2. The van der Waals surface area contributed by atoms with Crippen LogP contribution in [0.1, 0.15) is 52.5 Å². The number of thiophene rings is 1. The molecule has 0 saturated carbocycles. The van der Waals surface area contributed by atoms with E-state index in [4.69, 9.17) is 4.74 Å². The van der Waals surface area contributed by atoms with E-state index in [2.05, 4.69) is 29.5 Å². The van der Waals surface area contributed by atoms with Crippen molar-refractivity contribution in [3.63, 3.8) is 0 Å². The van der Waals surface area contributed by atoms with Gasteiger partial charge in [0.2, 0.25) is 0 Å². The lowest BCUT2D eigenvalue weighted by molar-refractivity contribution is 0.0710. The van der Waals surface area contributed by atoms with Crippen molar-refractivity contribution < 1.29 is 14.3 Å². The van der Waals surface area contributed by atoms with Crippen molar-refractivity contribution >= 4 is 23.2 Å². The molecule has 3 rings (SSSR count). The molecule has 28 heavy (non-hydrogen) atoms. The van der Waals surface area contributed by atoms with E-state index >= 15 is 0 Å². The molecule has 0 bridgehead atoms. The quantitative estimate of drug-likeness (QED) is 0.646. The summed E-state index contributed by atoms with van der Waals surface area (Å²) in [4.78, 5) is 28.6. The number of hydrogen-bond donors (Lipinski definition) is 1. The molecule has 0 unspecified atom stereocenters. The Hall–Kier alpha value is -2.26. The second kappa shape index (κ2) is 9.29. The molecule has 1 aliphatic heterocycles. The first kappa shape index (κ1) is 20.5. The lowest BCUT2D eigenvalue weighted by atomic mass is 10.0. The highest BCUT2D eigenvalue weighted by molar-refractivity contribution is 7.09. The molecule has 0 aliphatic carbocycles. The van der Waals surface area contributed by atoms with Crippen LogP contribution in [0.2, 0.25) is 0 Å². The Bertz CT molecular complexity index is 803. The van der Waals surface area contributed by atoms with Crippen LogP contribution in [0.3, 0.4) is 0 Å². The first-order chi connectivity index (χ1) is 13.5. The zero-order valence-electron chi connectivity index (χ0n) is 16.6. The summed E-state index contributed by atoms with van der Waals surface area (Å²) in [7, 11) is 1.64. The third-order valence-electron chi connectivity index (χ3n) is 4.63. The minimum atomic E-state index is -0.279. The van der Waals surface area contributed by atoms with Crippen molar-refractivity contribution in [2.45, 2.75) is 45.8 Å². The second-order valence-electron chi connectivity index (χ2n) is 7.42. The fourth-order valence-electron chi connectivity index (χ4n) is 3.41. The molecule has 1 aliphatic rings. The van der Waals surface area contributed by atoms with Gasteiger partial charge < -0.3 is 15.0 Å². The highest BCUT2D eigenvalue weighted by atomic mass is 32.1. The molecule has 0 radical (unpaired) electrons. The van der Waals surface area contributed by atoms with Crippen molar-refractivity contribution in [3.05, 3.63) is 33.8 Å². The third-order valence-corrected chi connectivity index (χ3v) is 5.49. The molecular formula is C19H27N5O3S. The molecule has 2 aromatic rings. The maximum Gasteiger partial charge on any atom is 0.277 e. The van der Waals surface area contributed by atoms with Gasteiger partial charge in [0, 0.05) is 31.2 Å². The van der Waals surface area contributed by atoms with Gasteiger partial charge in [-0.15, -0.1) is 16.4 Å². The zero-order chi connectivity index (χ0) is 20.1. The number of nitrogens with one attached hydrogen (secondary N) is 1. The Morgan fingerprint density at radius 2 is 2.32 bits per heavy atom. The summed E-state index contributed by atoms with van der Waals surface area (Å²) >= 11 is 1.59. The van der Waals surface area contributed by atoms with E-state index in [9.17, 15) is 9.59 Å². The number of ether oxygens (including phenoxy) is 1. The lowest BCUT2D eigenvalue weighted by Crippen LogP contribution is -2.46. The van der Waals surface area contributed by atoms with Crippen LogP contribution in [0.15, 0.2) is 17.5 Å². The van der Waals surface area contributed by atoms with E-state index in [1.54, 1.807) is 28.0 Å². The standard InChI is InChI=1S/C19H27N5O3S/c1-13(2)10-14-11-24-17(18(25)20-14)16(21-22-24)19(26)23(7-5-8-27-3)12-15-6-4-9-28-15/h4,6,9,13-14H,5,7-8,10-12H2,1-3H3,(H,20,25)/t14-/m0/s1. The normalized spacial score (nSPS) is 16.1. The number of rotatable bonds is 9. The number of aromatic nitrogens is 3. The van der Waals surface area contributed by atoms with Crippen LogP contribution in [-0.2, 0) is 17.8 Å². The number of fused-ring (bicyclic) bond motifs is 1. The molecular weight excluding hydrogens is 378 g/mol. The van der Waals surface area contributed by atoms with Crippen molar-refractivity contribution in [2.75, 3.05) is 20.3 Å². The van der Waals surface area contributed by atoms with E-state index < -0.39 is 0 Å². The van der Waals surface area contributed by atoms with Gasteiger partial charge in [-0.1, -0.05) is 25.1 Å². The smallest absolute Gasteiger partial charge is 0.277 e. The van der Waals surface area contributed by atoms with Gasteiger partial charge in [0.25, 0.3) is 11.8 Å². The van der Waals surface area contributed by atoms with Crippen LogP contribution in [0, 0.1) is 5.92 Å². The van der Waals surface area contributed by atoms with Crippen molar-refractivity contribution in [1.29, 1.82) is 0 Å². The van der Waals surface area contributed by atoms with Gasteiger partial charge in [-0.05, 0) is 30.2 Å². The average molecular weight is 406 g/mol. The number of carbonyl (C=O) groups is 2. The molecule has 3 heterocycles. The zero-order valence-corrected chi connectivity index (χ0v) is 17.4. The van der Waals surface area contributed by atoms with Crippen LogP contribution in [0.25, 0.3) is 0 Å². The number of amides is 2. The Kier molecular flexibility index (Phi) is 6.79. The number of nitrogens with zero attached hydrogens (tertiary/aromatic N) is 4. The number of methoxy groups -OCH3 is 1. The minimum absolute atomic E-state index is 0.00794. The second-order valence-corrected chi connectivity index (χ2v) is 8.45. The maximum absolute atomic E-state index is 13.2. The van der Waals surface area contributed by atoms with Gasteiger partial charge in [-0.25, -0.2) is 4.68 Å². The van der Waals surface area contributed by atoms with Crippen molar-refractivity contribution in [2.24, 2.45) is 5.92 Å². The maximum atomic E-state index is 13.2. The van der Waals surface area contributed by atoms with E-state index in [0.717, 1.165) is 11.3 Å². The van der Waals surface area contributed by atoms with Gasteiger partial charge in [0.15, 0.2) is 11.4 Å². The van der Waals surface area contributed by atoms with Crippen LogP contribution < -0.4 is 5.32 Å². The molecule has 152 valence electrons. The molecule has 0 fully saturated rings. The first-order valence-electron chi connectivity index (χ1n) is 9.54. The predicted molar refractivity (Wildman–Crippen MR) is 106 cm³/mol. The Morgan fingerprint density at radius 3 is 3.00 bits per heavy atom. The van der Waals surface area contributed by atoms with Gasteiger partial charge in [0.05, 0.1) is 13.1 Å². The molecule has 2 aromatic heterocycles. The lowest BCUT2D eigenvalue weighted by Gasteiger charge is -2.26. The monoisotopic (exact) mass is 405 g/mol. The largest absolute Gasteiger partial charge is 0.385 e. The van der Waals surface area contributed by atoms with Gasteiger partial charge in [0.1, 0.15) is 0 Å². The van der Waals surface area contributed by atoms with E-state index in [-0.39, 0.29) is 29.2 Å². The molecule has 2 amide bonds. The third kappa shape index (κ3) is 4.77. The molecule has 1 atom stereocenters. The summed E-state index contributed by atoms with van der Waals surface area (Å²) in [5.41, 5.74) is 0.377. The molecule has 1 N–H and O–H groups in total. The van der Waals surface area contributed by atoms with Crippen molar-refractivity contribution in [3.8, 4) is 0 Å². The Labute approximate surface area is 168 Å². The van der Waals surface area contributed by atoms with Gasteiger partial charge >= 0.3 is 0 Å². The van der Waals surface area contributed by atoms with E-state index in [0.29, 0.717) is 38.6 Å². The molecule has 0 aromatic carbocycles. The number of hydrogen-bond acceptors (Lipinski definition) is 6. The van der Waals surface area contributed by atoms with E-state index in [1.807, 2.05) is 17.5 Å². The summed E-state index contributed by atoms with van der Waals surface area (Å²) in [6, 6.07) is 3.96. The Balaban J connectivity index is 1.80. The molecule has 9 heteroatoms.